The zero-order chi connectivity index (χ0) is 16.3. The van der Waals surface area contributed by atoms with Crippen molar-refractivity contribution in [2.45, 2.75) is 6.18 Å². The standard InChI is InChI=1S/C14H11F3N2O3/c1-21-13(20)11-4-3-9(7-19-11)22-12-5-2-8(18)6-10(12)14(15,16)17/h2-7H,18H2,1H3. The number of nitrogens with zero attached hydrogens (tertiary/aromatic N) is 1. The smallest absolute Gasteiger partial charge is 0.420 e. The second-order valence-electron chi connectivity index (χ2n) is 4.23. The Balaban J connectivity index is 2.29. The average molecular weight is 312 g/mol. The molecule has 0 aliphatic carbocycles. The first-order chi connectivity index (χ1) is 10.3. The van der Waals surface area contributed by atoms with Crippen LogP contribution in [0.4, 0.5) is 18.9 Å². The molecule has 22 heavy (non-hydrogen) atoms. The molecule has 116 valence electrons. The van der Waals surface area contributed by atoms with E-state index < -0.39 is 23.5 Å². The fraction of sp³-hybridized carbons (Fsp3) is 0.143. The van der Waals surface area contributed by atoms with Crippen LogP contribution in [-0.4, -0.2) is 18.1 Å². The molecule has 0 saturated carbocycles. The van der Waals surface area contributed by atoms with Crippen molar-refractivity contribution in [3.63, 3.8) is 0 Å². The number of nitrogen functional groups attached to an aromatic ring is 1. The van der Waals surface area contributed by atoms with Crippen molar-refractivity contribution < 1.29 is 27.4 Å². The lowest BCUT2D eigenvalue weighted by atomic mass is 10.1. The molecule has 2 rings (SSSR count). The number of hydrogen-bond acceptors (Lipinski definition) is 5. The third-order valence-electron chi connectivity index (χ3n) is 2.67. The fourth-order valence-corrected chi connectivity index (χ4v) is 1.65. The lowest BCUT2D eigenvalue weighted by Gasteiger charge is -2.14. The van der Waals surface area contributed by atoms with Crippen molar-refractivity contribution in [3.05, 3.63) is 47.8 Å². The molecule has 0 spiro atoms. The highest BCUT2D eigenvalue weighted by Gasteiger charge is 2.34. The maximum Gasteiger partial charge on any atom is 0.420 e. The number of benzene rings is 1. The van der Waals surface area contributed by atoms with Crippen LogP contribution in [0.15, 0.2) is 36.5 Å². The first-order valence-corrected chi connectivity index (χ1v) is 6.00. The number of hydrogen-bond donors (Lipinski definition) is 1. The number of anilines is 1. The van der Waals surface area contributed by atoms with Crippen molar-refractivity contribution in [3.8, 4) is 11.5 Å². The summed E-state index contributed by atoms with van der Waals surface area (Å²) in [6, 6.07) is 5.79. The van der Waals surface area contributed by atoms with Gasteiger partial charge >= 0.3 is 12.1 Å². The van der Waals surface area contributed by atoms with Crippen LogP contribution >= 0.6 is 0 Å². The predicted octanol–water partition coefficient (Wildman–Crippen LogP) is 3.26. The molecule has 0 bridgehead atoms. The molecule has 0 saturated heterocycles. The highest BCUT2D eigenvalue weighted by Crippen LogP contribution is 2.39. The average Bonchev–Trinajstić information content (AvgIpc) is 2.48. The first-order valence-electron chi connectivity index (χ1n) is 6.00. The molecule has 0 fully saturated rings. The Bertz CT molecular complexity index is 685. The van der Waals surface area contributed by atoms with Crippen LogP contribution in [0.25, 0.3) is 0 Å². The molecule has 0 aliphatic rings. The van der Waals surface area contributed by atoms with E-state index in [1.807, 2.05) is 0 Å². The van der Waals surface area contributed by atoms with Gasteiger partial charge in [0, 0.05) is 5.69 Å². The second kappa shape index (κ2) is 5.92. The second-order valence-corrected chi connectivity index (χ2v) is 4.23. The third-order valence-corrected chi connectivity index (χ3v) is 2.67. The largest absolute Gasteiger partial charge is 0.464 e. The van der Waals surface area contributed by atoms with E-state index in [2.05, 4.69) is 9.72 Å². The Morgan fingerprint density at radius 1 is 1.23 bits per heavy atom. The van der Waals surface area contributed by atoms with Gasteiger partial charge in [0.1, 0.15) is 22.8 Å². The van der Waals surface area contributed by atoms with E-state index in [0.29, 0.717) is 0 Å². The number of halogens is 3. The summed E-state index contributed by atoms with van der Waals surface area (Å²) < 4.78 is 48.4. The van der Waals surface area contributed by atoms with E-state index in [4.69, 9.17) is 10.5 Å². The van der Waals surface area contributed by atoms with Gasteiger partial charge in [-0.3, -0.25) is 0 Å². The number of aromatic nitrogens is 1. The molecule has 1 aromatic carbocycles. The topological polar surface area (TPSA) is 74.4 Å². The van der Waals surface area contributed by atoms with Gasteiger partial charge in [-0.15, -0.1) is 0 Å². The van der Waals surface area contributed by atoms with Crippen LogP contribution in [-0.2, 0) is 10.9 Å². The molecule has 0 aliphatic heterocycles. The summed E-state index contributed by atoms with van der Waals surface area (Å²) in [5.74, 6) is -1.02. The minimum atomic E-state index is -4.61. The van der Waals surface area contributed by atoms with Gasteiger partial charge in [-0.05, 0) is 30.3 Å². The number of carbonyl (C=O) groups excluding carboxylic acids is 1. The minimum Gasteiger partial charge on any atom is -0.464 e. The molecule has 1 aromatic heterocycles. The van der Waals surface area contributed by atoms with E-state index in [1.165, 1.54) is 25.3 Å². The van der Waals surface area contributed by atoms with Gasteiger partial charge in [0.05, 0.1) is 13.3 Å². The zero-order valence-electron chi connectivity index (χ0n) is 11.3. The fourth-order valence-electron chi connectivity index (χ4n) is 1.65. The summed E-state index contributed by atoms with van der Waals surface area (Å²) in [6.07, 6.45) is -3.48. The normalized spacial score (nSPS) is 11.1. The number of nitrogens with two attached hydrogens (primary N) is 1. The molecular weight excluding hydrogens is 301 g/mol. The van der Waals surface area contributed by atoms with Crippen molar-refractivity contribution in [2.24, 2.45) is 0 Å². The van der Waals surface area contributed by atoms with Crippen molar-refractivity contribution in [1.29, 1.82) is 0 Å². The number of pyridine rings is 1. The van der Waals surface area contributed by atoms with E-state index in [0.717, 1.165) is 18.3 Å². The van der Waals surface area contributed by atoms with Crippen LogP contribution in [0.1, 0.15) is 16.1 Å². The molecular formula is C14H11F3N2O3. The number of rotatable bonds is 3. The van der Waals surface area contributed by atoms with Crippen LogP contribution in [0.5, 0.6) is 11.5 Å². The van der Waals surface area contributed by atoms with E-state index >= 15 is 0 Å². The number of esters is 1. The molecule has 2 N–H and O–H groups in total. The summed E-state index contributed by atoms with van der Waals surface area (Å²) >= 11 is 0. The summed E-state index contributed by atoms with van der Waals surface area (Å²) in [4.78, 5) is 15.0. The predicted molar refractivity (Wildman–Crippen MR) is 71.5 cm³/mol. The summed E-state index contributed by atoms with van der Waals surface area (Å²) in [5.41, 5.74) is 4.36. The van der Waals surface area contributed by atoms with Crippen LogP contribution in [0, 0.1) is 0 Å². The molecule has 0 radical (unpaired) electrons. The van der Waals surface area contributed by atoms with Crippen LogP contribution < -0.4 is 10.5 Å². The maximum atomic E-state index is 12.9. The molecule has 8 heteroatoms. The van der Waals surface area contributed by atoms with Crippen molar-refractivity contribution in [1.82, 2.24) is 4.98 Å². The molecule has 2 aromatic rings. The van der Waals surface area contributed by atoms with Crippen molar-refractivity contribution in [2.75, 3.05) is 12.8 Å². The first kappa shape index (κ1) is 15.6. The van der Waals surface area contributed by atoms with Gasteiger partial charge in [-0.1, -0.05) is 0 Å². The summed E-state index contributed by atoms with van der Waals surface area (Å²) in [5, 5.41) is 0. The Morgan fingerprint density at radius 3 is 2.50 bits per heavy atom. The van der Waals surface area contributed by atoms with E-state index in [1.54, 1.807) is 0 Å². The number of ether oxygens (including phenoxy) is 2. The molecule has 1 heterocycles. The lowest BCUT2D eigenvalue weighted by Crippen LogP contribution is -2.08. The number of alkyl halides is 3. The SMILES string of the molecule is COC(=O)c1ccc(Oc2ccc(N)cc2C(F)(F)F)cn1. The van der Waals surface area contributed by atoms with E-state index in [-0.39, 0.29) is 17.1 Å². The monoisotopic (exact) mass is 312 g/mol. The molecule has 0 amide bonds. The van der Waals surface area contributed by atoms with Gasteiger partial charge < -0.3 is 15.2 Å². The molecule has 0 atom stereocenters. The van der Waals surface area contributed by atoms with Crippen molar-refractivity contribution >= 4 is 11.7 Å². The van der Waals surface area contributed by atoms with Gasteiger partial charge in [0.25, 0.3) is 0 Å². The third kappa shape index (κ3) is 3.46. The van der Waals surface area contributed by atoms with Gasteiger partial charge in [0.15, 0.2) is 0 Å². The van der Waals surface area contributed by atoms with Crippen LogP contribution in [0.3, 0.4) is 0 Å². The maximum absolute atomic E-state index is 12.9. The lowest BCUT2D eigenvalue weighted by molar-refractivity contribution is -0.138. The Kier molecular flexibility index (Phi) is 4.20. The zero-order valence-corrected chi connectivity index (χ0v) is 11.3. The van der Waals surface area contributed by atoms with E-state index in [9.17, 15) is 18.0 Å². The quantitative estimate of drug-likeness (QED) is 0.695. The molecule has 0 unspecified atom stereocenters. The van der Waals surface area contributed by atoms with Crippen LogP contribution in [0.2, 0.25) is 0 Å². The number of methoxy groups -OCH3 is 1. The van der Waals surface area contributed by atoms with Gasteiger partial charge in [-0.2, -0.15) is 13.2 Å². The Morgan fingerprint density at radius 2 is 1.95 bits per heavy atom. The Hall–Kier alpha value is -2.77. The molecule has 5 nitrogen and oxygen atoms in total. The highest BCUT2D eigenvalue weighted by molar-refractivity contribution is 5.87. The minimum absolute atomic E-state index is 0.0169. The summed E-state index contributed by atoms with van der Waals surface area (Å²) in [7, 11) is 1.19. The number of carbonyl (C=O) groups is 1. The van der Waals surface area contributed by atoms with Gasteiger partial charge in [-0.25, -0.2) is 9.78 Å². The Labute approximate surface area is 123 Å². The highest BCUT2D eigenvalue weighted by atomic mass is 19.4. The summed E-state index contributed by atoms with van der Waals surface area (Å²) in [6.45, 7) is 0. The van der Waals surface area contributed by atoms with Gasteiger partial charge in [0.2, 0.25) is 0 Å².